The average Bonchev–Trinajstić information content (AvgIpc) is 2.91. The number of rotatable bonds is 0. The highest BCUT2D eigenvalue weighted by Crippen LogP contribution is 2.15. The van der Waals surface area contributed by atoms with E-state index in [-0.39, 0.29) is 0 Å². The Morgan fingerprint density at radius 1 is 1.06 bits per heavy atom. The number of benzene rings is 1. The highest BCUT2D eigenvalue weighted by molar-refractivity contribution is 5.82. The molecule has 3 aromatic rings. The highest BCUT2D eigenvalue weighted by atomic mass is 14.8. The third kappa shape index (κ3) is 2.31. The van der Waals surface area contributed by atoms with Gasteiger partial charge in [0, 0.05) is 29.0 Å². The molecular weight excluding hydrogens is 198 g/mol. The Morgan fingerprint density at radius 2 is 1.88 bits per heavy atom. The standard InChI is InChI=1S/C9H9N.C4H6N2/c1-7-6-10-9-5-3-2-4-8(7)9;1-4-2-5-3-6-4/h2-6,10H,1H3;2-3H,1H3,(H,5,6). The van der Waals surface area contributed by atoms with Crippen LogP contribution in [0.25, 0.3) is 10.9 Å². The van der Waals surface area contributed by atoms with Crippen LogP contribution >= 0.6 is 0 Å². The van der Waals surface area contributed by atoms with Gasteiger partial charge in [0.05, 0.1) is 6.33 Å². The molecular formula is C13H15N3. The van der Waals surface area contributed by atoms with Crippen molar-refractivity contribution in [1.29, 1.82) is 0 Å². The van der Waals surface area contributed by atoms with E-state index in [4.69, 9.17) is 0 Å². The smallest absolute Gasteiger partial charge is 0.0921 e. The van der Waals surface area contributed by atoms with Crippen molar-refractivity contribution in [3.8, 4) is 0 Å². The number of nitrogens with one attached hydrogen (secondary N) is 2. The van der Waals surface area contributed by atoms with E-state index in [0.29, 0.717) is 0 Å². The number of hydrogen-bond acceptors (Lipinski definition) is 1. The lowest BCUT2D eigenvalue weighted by Gasteiger charge is -1.86. The molecule has 0 aliphatic rings. The summed E-state index contributed by atoms with van der Waals surface area (Å²) in [5.41, 5.74) is 3.64. The zero-order chi connectivity index (χ0) is 11.4. The van der Waals surface area contributed by atoms with Crippen LogP contribution in [0, 0.1) is 13.8 Å². The predicted molar refractivity (Wildman–Crippen MR) is 66.4 cm³/mol. The third-order valence-electron chi connectivity index (χ3n) is 2.43. The summed E-state index contributed by atoms with van der Waals surface area (Å²) < 4.78 is 0. The fourth-order valence-electron chi connectivity index (χ4n) is 1.54. The minimum absolute atomic E-state index is 1.11. The Balaban J connectivity index is 0.000000138. The molecule has 1 aromatic carbocycles. The van der Waals surface area contributed by atoms with Gasteiger partial charge in [0.25, 0.3) is 0 Å². The number of H-pyrrole nitrogens is 2. The fraction of sp³-hybridized carbons (Fsp3) is 0.154. The first-order valence-corrected chi connectivity index (χ1v) is 5.25. The lowest BCUT2D eigenvalue weighted by Crippen LogP contribution is -1.64. The monoisotopic (exact) mass is 213 g/mol. The molecule has 2 heterocycles. The fourth-order valence-corrected chi connectivity index (χ4v) is 1.54. The van der Waals surface area contributed by atoms with Crippen molar-refractivity contribution in [3.63, 3.8) is 0 Å². The molecule has 0 radical (unpaired) electrons. The van der Waals surface area contributed by atoms with E-state index < -0.39 is 0 Å². The van der Waals surface area contributed by atoms with Crippen LogP contribution in [0.2, 0.25) is 0 Å². The maximum atomic E-state index is 3.77. The Morgan fingerprint density at radius 3 is 2.44 bits per heavy atom. The van der Waals surface area contributed by atoms with Gasteiger partial charge >= 0.3 is 0 Å². The van der Waals surface area contributed by atoms with E-state index in [1.165, 1.54) is 16.5 Å². The van der Waals surface area contributed by atoms with E-state index in [1.807, 2.05) is 19.2 Å². The molecule has 0 saturated heterocycles. The highest BCUT2D eigenvalue weighted by Gasteiger charge is 1.94. The van der Waals surface area contributed by atoms with Crippen LogP contribution in [0.4, 0.5) is 0 Å². The maximum absolute atomic E-state index is 3.77. The first-order chi connectivity index (χ1) is 7.77. The van der Waals surface area contributed by atoms with Crippen molar-refractivity contribution < 1.29 is 0 Å². The molecule has 0 amide bonds. The molecule has 0 spiro atoms. The molecule has 0 fully saturated rings. The second-order valence-electron chi connectivity index (χ2n) is 3.75. The number of imidazole rings is 1. The summed E-state index contributed by atoms with van der Waals surface area (Å²) in [6.07, 6.45) is 5.47. The van der Waals surface area contributed by atoms with Gasteiger partial charge in [-0.2, -0.15) is 0 Å². The molecule has 0 atom stereocenters. The first kappa shape index (κ1) is 10.5. The van der Waals surface area contributed by atoms with Crippen LogP contribution < -0.4 is 0 Å². The number of para-hydroxylation sites is 1. The summed E-state index contributed by atoms with van der Waals surface area (Å²) in [5.74, 6) is 0. The van der Waals surface area contributed by atoms with E-state index in [9.17, 15) is 0 Å². The maximum Gasteiger partial charge on any atom is 0.0921 e. The first-order valence-electron chi connectivity index (χ1n) is 5.25. The van der Waals surface area contributed by atoms with Gasteiger partial charge < -0.3 is 9.97 Å². The summed E-state index contributed by atoms with van der Waals surface area (Å²) in [4.78, 5) is 9.84. The van der Waals surface area contributed by atoms with E-state index in [1.54, 1.807) is 12.5 Å². The number of nitrogens with zero attached hydrogens (tertiary/aromatic N) is 1. The van der Waals surface area contributed by atoms with Crippen LogP contribution in [-0.2, 0) is 0 Å². The number of hydrogen-bond donors (Lipinski definition) is 2. The van der Waals surface area contributed by atoms with Gasteiger partial charge in [-0.1, -0.05) is 18.2 Å². The second-order valence-corrected chi connectivity index (χ2v) is 3.75. The largest absolute Gasteiger partial charge is 0.361 e. The van der Waals surface area contributed by atoms with Gasteiger partial charge in [-0.05, 0) is 25.5 Å². The van der Waals surface area contributed by atoms with E-state index in [2.05, 4.69) is 40.1 Å². The Labute approximate surface area is 94.5 Å². The Bertz CT molecular complexity index is 549. The molecule has 3 nitrogen and oxygen atoms in total. The summed E-state index contributed by atoms with van der Waals surface area (Å²) in [6, 6.07) is 8.31. The molecule has 16 heavy (non-hydrogen) atoms. The van der Waals surface area contributed by atoms with Gasteiger partial charge in [-0.3, -0.25) is 0 Å². The van der Waals surface area contributed by atoms with Gasteiger partial charge in [0.1, 0.15) is 0 Å². The van der Waals surface area contributed by atoms with Crippen LogP contribution in [0.15, 0.2) is 43.0 Å². The zero-order valence-electron chi connectivity index (χ0n) is 9.49. The molecule has 0 aliphatic heterocycles. The van der Waals surface area contributed by atoms with Crippen molar-refractivity contribution in [2.24, 2.45) is 0 Å². The van der Waals surface area contributed by atoms with Gasteiger partial charge in [-0.25, -0.2) is 4.98 Å². The van der Waals surface area contributed by atoms with Crippen LogP contribution in [0.1, 0.15) is 11.3 Å². The van der Waals surface area contributed by atoms with Gasteiger partial charge in [-0.15, -0.1) is 0 Å². The topological polar surface area (TPSA) is 44.5 Å². The molecule has 2 aromatic heterocycles. The van der Waals surface area contributed by atoms with Crippen molar-refractivity contribution in [1.82, 2.24) is 15.0 Å². The van der Waals surface area contributed by atoms with Crippen LogP contribution in [-0.4, -0.2) is 15.0 Å². The lowest BCUT2D eigenvalue weighted by atomic mass is 10.2. The minimum atomic E-state index is 1.11. The predicted octanol–water partition coefficient (Wildman–Crippen LogP) is 3.19. The Hall–Kier alpha value is -2.03. The Kier molecular flexibility index (Phi) is 3.05. The van der Waals surface area contributed by atoms with E-state index in [0.717, 1.165) is 5.69 Å². The third-order valence-corrected chi connectivity index (χ3v) is 2.43. The quantitative estimate of drug-likeness (QED) is 0.591. The van der Waals surface area contributed by atoms with Crippen molar-refractivity contribution >= 4 is 10.9 Å². The van der Waals surface area contributed by atoms with E-state index >= 15 is 0 Å². The summed E-state index contributed by atoms with van der Waals surface area (Å²) in [7, 11) is 0. The molecule has 0 unspecified atom stereocenters. The molecule has 3 rings (SSSR count). The molecule has 0 bridgehead atoms. The normalized spacial score (nSPS) is 9.88. The number of aromatic amines is 2. The van der Waals surface area contributed by atoms with Gasteiger partial charge in [0.2, 0.25) is 0 Å². The summed E-state index contributed by atoms with van der Waals surface area (Å²) in [6.45, 7) is 4.08. The van der Waals surface area contributed by atoms with Crippen molar-refractivity contribution in [2.75, 3.05) is 0 Å². The minimum Gasteiger partial charge on any atom is -0.361 e. The number of aryl methyl sites for hydroxylation is 2. The summed E-state index contributed by atoms with van der Waals surface area (Å²) in [5, 5.41) is 1.32. The van der Waals surface area contributed by atoms with Crippen molar-refractivity contribution in [3.05, 3.63) is 54.2 Å². The second kappa shape index (κ2) is 4.66. The molecule has 0 saturated carbocycles. The average molecular weight is 213 g/mol. The number of aromatic nitrogens is 3. The van der Waals surface area contributed by atoms with Gasteiger partial charge in [0.15, 0.2) is 0 Å². The molecule has 0 aliphatic carbocycles. The number of fused-ring (bicyclic) bond motifs is 1. The molecule has 82 valence electrons. The SMILES string of the molecule is Cc1c[nH]c2ccccc12.Cc1cnc[nH]1. The lowest BCUT2D eigenvalue weighted by molar-refractivity contribution is 1.25. The molecule has 3 heteroatoms. The zero-order valence-corrected chi connectivity index (χ0v) is 9.49. The summed E-state index contributed by atoms with van der Waals surface area (Å²) >= 11 is 0. The van der Waals surface area contributed by atoms with Crippen molar-refractivity contribution in [2.45, 2.75) is 13.8 Å². The van der Waals surface area contributed by atoms with Crippen LogP contribution in [0.5, 0.6) is 0 Å². The molecule has 2 N–H and O–H groups in total. The van der Waals surface area contributed by atoms with Crippen LogP contribution in [0.3, 0.4) is 0 Å².